The fourth-order valence-electron chi connectivity index (χ4n) is 2.61. The van der Waals surface area contributed by atoms with Crippen LogP contribution in [0.2, 0.25) is 10.0 Å². The fourth-order valence-corrected chi connectivity index (χ4v) is 3.70. The first-order chi connectivity index (χ1) is 12.5. The van der Waals surface area contributed by atoms with E-state index in [1.165, 1.54) is 11.5 Å². The van der Waals surface area contributed by atoms with Crippen molar-refractivity contribution in [1.29, 1.82) is 5.41 Å². The van der Waals surface area contributed by atoms with Crippen LogP contribution >= 0.6 is 34.7 Å². The number of aliphatic imine (C=N–C) groups is 1. The number of halogens is 2. The standard InChI is InChI=1S/C17H21Cl2N5OS/c1-12-10-16(20)24(26-12)17(21-4-5-23-6-8-25-9-7-23)22-13-2-3-14(18)15(19)11-13/h2-3,10-11,20H,4-9H2,1H3,(H,21,22). The molecule has 1 fully saturated rings. The Bertz CT molecular complexity index is 842. The number of anilines is 1. The van der Waals surface area contributed by atoms with Crippen LogP contribution in [0.1, 0.15) is 4.88 Å². The van der Waals surface area contributed by atoms with Crippen LogP contribution in [0.15, 0.2) is 29.3 Å². The minimum absolute atomic E-state index is 0.394. The van der Waals surface area contributed by atoms with Gasteiger partial charge in [-0.25, -0.2) is 3.96 Å². The van der Waals surface area contributed by atoms with Crippen molar-refractivity contribution in [2.75, 3.05) is 44.7 Å². The number of hydrogen-bond donors (Lipinski definition) is 2. The molecule has 2 aromatic rings. The van der Waals surface area contributed by atoms with Gasteiger partial charge in [-0.15, -0.1) is 0 Å². The van der Waals surface area contributed by atoms with E-state index < -0.39 is 0 Å². The Morgan fingerprint density at radius 3 is 2.69 bits per heavy atom. The summed E-state index contributed by atoms with van der Waals surface area (Å²) in [5, 5.41) is 12.4. The normalized spacial score (nSPS) is 16.0. The first kappa shape index (κ1) is 19.4. The summed E-state index contributed by atoms with van der Waals surface area (Å²) in [6.45, 7) is 6.87. The summed E-state index contributed by atoms with van der Waals surface area (Å²) in [5.74, 6) is 0.611. The van der Waals surface area contributed by atoms with E-state index in [1.807, 2.05) is 19.1 Å². The molecule has 140 valence electrons. The maximum atomic E-state index is 8.17. The zero-order chi connectivity index (χ0) is 18.5. The van der Waals surface area contributed by atoms with Crippen molar-refractivity contribution < 1.29 is 4.74 Å². The second-order valence-corrected chi connectivity index (χ2v) is 7.95. The lowest BCUT2D eigenvalue weighted by molar-refractivity contribution is 0.0394. The molecule has 1 saturated heterocycles. The molecule has 0 bridgehead atoms. The van der Waals surface area contributed by atoms with Gasteiger partial charge in [0.25, 0.3) is 0 Å². The van der Waals surface area contributed by atoms with Gasteiger partial charge in [-0.1, -0.05) is 34.7 Å². The van der Waals surface area contributed by atoms with Crippen molar-refractivity contribution in [3.8, 4) is 0 Å². The van der Waals surface area contributed by atoms with Gasteiger partial charge in [-0.2, -0.15) is 0 Å². The molecule has 0 atom stereocenters. The Labute approximate surface area is 166 Å². The van der Waals surface area contributed by atoms with Gasteiger partial charge in [-0.3, -0.25) is 15.3 Å². The van der Waals surface area contributed by atoms with E-state index in [4.69, 9.17) is 38.3 Å². The summed E-state index contributed by atoms with van der Waals surface area (Å²) in [7, 11) is 0. The van der Waals surface area contributed by atoms with Gasteiger partial charge in [0.15, 0.2) is 0 Å². The second-order valence-electron chi connectivity index (χ2n) is 5.94. The Hall–Kier alpha value is -1.38. The fraction of sp³-hybridized carbons (Fsp3) is 0.412. The number of ether oxygens (including phenoxy) is 1. The van der Waals surface area contributed by atoms with Crippen molar-refractivity contribution in [2.24, 2.45) is 4.99 Å². The molecular formula is C17H21Cl2N5OS. The summed E-state index contributed by atoms with van der Waals surface area (Å²) in [6.07, 6.45) is 0. The molecule has 9 heteroatoms. The summed E-state index contributed by atoms with van der Waals surface area (Å²) in [5.41, 5.74) is 1.17. The van der Waals surface area contributed by atoms with Crippen LogP contribution in [-0.4, -0.2) is 54.2 Å². The molecule has 0 radical (unpaired) electrons. The lowest BCUT2D eigenvalue weighted by atomic mass is 10.3. The van der Waals surface area contributed by atoms with E-state index in [0.29, 0.717) is 28.0 Å². The molecule has 0 spiro atoms. The molecule has 3 rings (SSSR count). The third-order valence-corrected chi connectivity index (χ3v) is 5.64. The zero-order valence-corrected chi connectivity index (χ0v) is 16.8. The largest absolute Gasteiger partial charge is 0.379 e. The molecule has 1 aromatic heterocycles. The number of nitrogens with zero attached hydrogens (tertiary/aromatic N) is 3. The number of rotatable bonds is 4. The van der Waals surface area contributed by atoms with Crippen molar-refractivity contribution in [1.82, 2.24) is 8.86 Å². The van der Waals surface area contributed by atoms with Crippen LogP contribution in [-0.2, 0) is 4.74 Å². The summed E-state index contributed by atoms with van der Waals surface area (Å²) >= 11 is 13.6. The first-order valence-electron chi connectivity index (χ1n) is 8.34. The molecule has 1 aliphatic rings. The van der Waals surface area contributed by atoms with Crippen LogP contribution < -0.4 is 10.8 Å². The van der Waals surface area contributed by atoms with E-state index >= 15 is 0 Å². The average molecular weight is 414 g/mol. The highest BCUT2D eigenvalue weighted by atomic mass is 35.5. The Morgan fingerprint density at radius 2 is 2.04 bits per heavy atom. The molecule has 0 unspecified atom stereocenters. The smallest absolute Gasteiger partial charge is 0.218 e. The third-order valence-electron chi connectivity index (χ3n) is 3.94. The van der Waals surface area contributed by atoms with Crippen LogP contribution in [0.25, 0.3) is 0 Å². The molecule has 2 N–H and O–H groups in total. The number of morpholine rings is 1. The maximum Gasteiger partial charge on any atom is 0.218 e. The highest BCUT2D eigenvalue weighted by molar-refractivity contribution is 7.07. The summed E-state index contributed by atoms with van der Waals surface area (Å²) in [6, 6.07) is 7.16. The maximum absolute atomic E-state index is 8.17. The molecule has 1 aromatic carbocycles. The molecule has 0 saturated carbocycles. The number of benzene rings is 1. The Morgan fingerprint density at radius 1 is 1.27 bits per heavy atom. The Kier molecular flexibility index (Phi) is 6.72. The first-order valence-corrected chi connectivity index (χ1v) is 9.87. The van der Waals surface area contributed by atoms with Gasteiger partial charge < -0.3 is 10.1 Å². The van der Waals surface area contributed by atoms with Crippen LogP contribution in [0, 0.1) is 12.3 Å². The highest BCUT2D eigenvalue weighted by Gasteiger charge is 2.11. The minimum atomic E-state index is 0.394. The van der Waals surface area contributed by atoms with Gasteiger partial charge in [0.1, 0.15) is 5.49 Å². The van der Waals surface area contributed by atoms with Crippen LogP contribution in [0.5, 0.6) is 0 Å². The summed E-state index contributed by atoms with van der Waals surface area (Å²) in [4.78, 5) is 8.09. The third kappa shape index (κ3) is 5.08. The Balaban J connectivity index is 1.78. The number of aryl methyl sites for hydroxylation is 1. The predicted molar refractivity (Wildman–Crippen MR) is 108 cm³/mol. The quantitative estimate of drug-likeness (QED) is 0.596. The van der Waals surface area contributed by atoms with Crippen molar-refractivity contribution >= 4 is 46.4 Å². The minimum Gasteiger partial charge on any atom is -0.379 e. The number of nitrogens with one attached hydrogen (secondary N) is 2. The zero-order valence-electron chi connectivity index (χ0n) is 14.5. The van der Waals surface area contributed by atoms with Gasteiger partial charge in [0.05, 0.1) is 29.8 Å². The summed E-state index contributed by atoms with van der Waals surface area (Å²) < 4.78 is 7.15. The molecule has 1 aliphatic heterocycles. The van der Waals surface area contributed by atoms with Gasteiger partial charge in [0.2, 0.25) is 5.96 Å². The van der Waals surface area contributed by atoms with E-state index in [-0.39, 0.29) is 0 Å². The second kappa shape index (κ2) is 9.01. The van der Waals surface area contributed by atoms with Gasteiger partial charge in [-0.05, 0) is 31.2 Å². The molecule has 2 heterocycles. The van der Waals surface area contributed by atoms with Crippen molar-refractivity contribution in [3.63, 3.8) is 0 Å². The molecule has 26 heavy (non-hydrogen) atoms. The van der Waals surface area contributed by atoms with E-state index in [9.17, 15) is 0 Å². The van der Waals surface area contributed by atoms with E-state index in [2.05, 4.69) is 10.2 Å². The number of hydrogen-bond acceptors (Lipinski definition) is 5. The molecular weight excluding hydrogens is 393 g/mol. The SMILES string of the molecule is Cc1cc(=N)n(C(=NCCN2CCOCC2)Nc2ccc(Cl)c(Cl)c2)s1. The van der Waals surface area contributed by atoms with Crippen molar-refractivity contribution in [2.45, 2.75) is 6.92 Å². The molecule has 0 aliphatic carbocycles. The van der Waals surface area contributed by atoms with Gasteiger partial charge in [0, 0.05) is 30.2 Å². The van der Waals surface area contributed by atoms with Gasteiger partial charge >= 0.3 is 0 Å². The lowest BCUT2D eigenvalue weighted by Gasteiger charge is -2.25. The van der Waals surface area contributed by atoms with E-state index in [1.54, 1.807) is 16.1 Å². The van der Waals surface area contributed by atoms with Crippen LogP contribution in [0.4, 0.5) is 5.69 Å². The topological polar surface area (TPSA) is 65.6 Å². The lowest BCUT2D eigenvalue weighted by Crippen LogP contribution is -2.38. The molecule has 0 amide bonds. The molecule has 6 nitrogen and oxygen atoms in total. The van der Waals surface area contributed by atoms with Crippen LogP contribution in [0.3, 0.4) is 0 Å². The highest BCUT2D eigenvalue weighted by Crippen LogP contribution is 2.25. The number of aromatic nitrogens is 1. The van der Waals surface area contributed by atoms with Crippen molar-refractivity contribution in [3.05, 3.63) is 44.7 Å². The monoisotopic (exact) mass is 413 g/mol. The predicted octanol–water partition coefficient (Wildman–Crippen LogP) is 3.29. The van der Waals surface area contributed by atoms with E-state index in [0.717, 1.165) is 43.4 Å². The average Bonchev–Trinajstić information content (AvgIpc) is 2.96.